The average molecular weight is 252 g/mol. The first kappa shape index (κ1) is 15.2. The Morgan fingerprint density at radius 3 is 2.28 bits per heavy atom. The van der Waals surface area contributed by atoms with Crippen molar-refractivity contribution in [3.8, 4) is 0 Å². The third kappa shape index (κ3) is 2.93. The van der Waals surface area contributed by atoms with E-state index in [2.05, 4.69) is 36.8 Å². The molecular weight excluding hydrogens is 224 g/mol. The van der Waals surface area contributed by atoms with Crippen LogP contribution in [0.25, 0.3) is 0 Å². The first-order valence-electron chi connectivity index (χ1n) is 6.97. The van der Waals surface area contributed by atoms with Crippen molar-refractivity contribution in [1.82, 2.24) is 14.7 Å². The summed E-state index contributed by atoms with van der Waals surface area (Å²) in [5, 5.41) is 4.42. The molecule has 0 aliphatic heterocycles. The quantitative estimate of drug-likeness (QED) is 0.808. The van der Waals surface area contributed by atoms with Gasteiger partial charge in [0.25, 0.3) is 0 Å². The normalized spacial score (nSPS) is 12.4. The average Bonchev–Trinajstić information content (AvgIpc) is 2.69. The van der Waals surface area contributed by atoms with Crippen molar-refractivity contribution in [2.75, 3.05) is 13.1 Å². The van der Waals surface area contributed by atoms with Gasteiger partial charge in [-0.25, -0.2) is 0 Å². The molecule has 0 atom stereocenters. The highest BCUT2D eigenvalue weighted by molar-refractivity contribution is 5.09. The number of hydrogen-bond acceptors (Lipinski definition) is 3. The zero-order chi connectivity index (χ0) is 13.8. The van der Waals surface area contributed by atoms with E-state index in [1.54, 1.807) is 0 Å². The Bertz CT molecular complexity index is 358. The van der Waals surface area contributed by atoms with Gasteiger partial charge in [-0.05, 0) is 32.4 Å². The molecule has 0 aliphatic carbocycles. The Balaban J connectivity index is 2.93. The number of rotatable bonds is 7. The SMILES string of the molecule is CCN(Cc1cc(C)nn1C)C(CC)(CC)CN. The van der Waals surface area contributed by atoms with Crippen molar-refractivity contribution in [2.24, 2.45) is 12.8 Å². The van der Waals surface area contributed by atoms with Crippen molar-refractivity contribution >= 4 is 0 Å². The van der Waals surface area contributed by atoms with Crippen LogP contribution in [0.15, 0.2) is 6.07 Å². The minimum atomic E-state index is 0.118. The van der Waals surface area contributed by atoms with Gasteiger partial charge in [0.15, 0.2) is 0 Å². The molecule has 4 nitrogen and oxygen atoms in total. The molecule has 0 unspecified atom stereocenters. The van der Waals surface area contributed by atoms with Crippen LogP contribution in [0.4, 0.5) is 0 Å². The molecule has 0 saturated heterocycles. The van der Waals surface area contributed by atoms with Crippen molar-refractivity contribution in [2.45, 2.75) is 52.6 Å². The fraction of sp³-hybridized carbons (Fsp3) is 0.786. The van der Waals surface area contributed by atoms with Crippen LogP contribution in [-0.2, 0) is 13.6 Å². The van der Waals surface area contributed by atoms with Crippen LogP contribution >= 0.6 is 0 Å². The maximum absolute atomic E-state index is 6.04. The summed E-state index contributed by atoms with van der Waals surface area (Å²) in [5.74, 6) is 0. The monoisotopic (exact) mass is 252 g/mol. The molecule has 0 saturated carbocycles. The molecule has 4 heteroatoms. The Morgan fingerprint density at radius 2 is 1.94 bits per heavy atom. The second-order valence-electron chi connectivity index (χ2n) is 5.05. The van der Waals surface area contributed by atoms with E-state index in [0.29, 0.717) is 6.54 Å². The summed E-state index contributed by atoms with van der Waals surface area (Å²) in [4.78, 5) is 2.49. The Morgan fingerprint density at radius 1 is 1.33 bits per heavy atom. The molecule has 2 N–H and O–H groups in total. The largest absolute Gasteiger partial charge is 0.329 e. The molecule has 0 fully saturated rings. The standard InChI is InChI=1S/C14H28N4/c1-6-14(7-2,11-15)18(8-3)10-13-9-12(4)16-17(13)5/h9H,6-8,10-11,15H2,1-5H3. The van der Waals surface area contributed by atoms with Gasteiger partial charge in [0.05, 0.1) is 11.4 Å². The smallest absolute Gasteiger partial charge is 0.0597 e. The van der Waals surface area contributed by atoms with Crippen molar-refractivity contribution < 1.29 is 0 Å². The van der Waals surface area contributed by atoms with Gasteiger partial charge in [0, 0.05) is 25.7 Å². The van der Waals surface area contributed by atoms with Crippen molar-refractivity contribution in [1.29, 1.82) is 0 Å². The van der Waals surface area contributed by atoms with Gasteiger partial charge < -0.3 is 5.73 Å². The second-order valence-corrected chi connectivity index (χ2v) is 5.05. The van der Waals surface area contributed by atoms with Crippen LogP contribution < -0.4 is 5.73 Å². The maximum Gasteiger partial charge on any atom is 0.0597 e. The lowest BCUT2D eigenvalue weighted by Crippen LogP contribution is -2.52. The first-order valence-corrected chi connectivity index (χ1v) is 6.97. The van der Waals surface area contributed by atoms with Crippen LogP contribution in [0.1, 0.15) is 45.0 Å². The van der Waals surface area contributed by atoms with Gasteiger partial charge in [-0.1, -0.05) is 20.8 Å². The summed E-state index contributed by atoms with van der Waals surface area (Å²) in [6, 6.07) is 2.16. The van der Waals surface area contributed by atoms with E-state index in [0.717, 1.165) is 31.6 Å². The molecule has 0 aliphatic rings. The van der Waals surface area contributed by atoms with Crippen LogP contribution in [0.3, 0.4) is 0 Å². The Kier molecular flexibility index (Phi) is 5.35. The fourth-order valence-electron chi connectivity index (χ4n) is 2.74. The van der Waals surface area contributed by atoms with E-state index in [1.165, 1.54) is 5.69 Å². The third-order valence-electron chi connectivity index (χ3n) is 4.20. The molecule has 104 valence electrons. The number of nitrogens with two attached hydrogens (primary N) is 1. The molecule has 0 amide bonds. The lowest BCUT2D eigenvalue weighted by molar-refractivity contribution is 0.0802. The molecular formula is C14H28N4. The summed E-state index contributed by atoms with van der Waals surface area (Å²) < 4.78 is 1.98. The molecule has 0 aromatic carbocycles. The van der Waals surface area contributed by atoms with E-state index >= 15 is 0 Å². The van der Waals surface area contributed by atoms with Gasteiger partial charge >= 0.3 is 0 Å². The molecule has 1 heterocycles. The number of likely N-dealkylation sites (N-methyl/N-ethyl adjacent to an activating group) is 1. The van der Waals surface area contributed by atoms with Gasteiger partial charge in [0.2, 0.25) is 0 Å². The molecule has 1 aromatic rings. The summed E-state index contributed by atoms with van der Waals surface area (Å²) in [6.07, 6.45) is 2.18. The zero-order valence-corrected chi connectivity index (χ0v) is 12.5. The lowest BCUT2D eigenvalue weighted by atomic mass is 9.90. The summed E-state index contributed by atoms with van der Waals surface area (Å²) >= 11 is 0. The lowest BCUT2D eigenvalue weighted by Gasteiger charge is -2.42. The van der Waals surface area contributed by atoms with E-state index in [-0.39, 0.29) is 5.54 Å². The zero-order valence-electron chi connectivity index (χ0n) is 12.5. The predicted molar refractivity (Wildman–Crippen MR) is 76.4 cm³/mol. The van der Waals surface area contributed by atoms with Crippen LogP contribution in [0.5, 0.6) is 0 Å². The molecule has 0 spiro atoms. The maximum atomic E-state index is 6.04. The Labute approximate surface area is 111 Å². The van der Waals surface area contributed by atoms with E-state index in [1.807, 2.05) is 18.7 Å². The summed E-state index contributed by atoms with van der Waals surface area (Å²) in [7, 11) is 2.01. The van der Waals surface area contributed by atoms with Crippen molar-refractivity contribution in [3.63, 3.8) is 0 Å². The van der Waals surface area contributed by atoms with Crippen molar-refractivity contribution in [3.05, 3.63) is 17.5 Å². The van der Waals surface area contributed by atoms with Crippen LogP contribution in [-0.4, -0.2) is 33.3 Å². The second kappa shape index (κ2) is 6.34. The molecule has 0 radical (unpaired) electrons. The van der Waals surface area contributed by atoms with Crippen LogP contribution in [0.2, 0.25) is 0 Å². The summed E-state index contributed by atoms with van der Waals surface area (Å²) in [6.45, 7) is 11.4. The predicted octanol–water partition coefficient (Wildman–Crippen LogP) is 2.07. The minimum Gasteiger partial charge on any atom is -0.329 e. The minimum absolute atomic E-state index is 0.118. The molecule has 0 bridgehead atoms. The van der Waals surface area contributed by atoms with Crippen LogP contribution in [0, 0.1) is 6.92 Å². The number of nitrogens with zero attached hydrogens (tertiary/aromatic N) is 3. The topological polar surface area (TPSA) is 47.1 Å². The highest BCUT2D eigenvalue weighted by Crippen LogP contribution is 2.24. The summed E-state index contributed by atoms with van der Waals surface area (Å²) in [5.41, 5.74) is 8.49. The van der Waals surface area contributed by atoms with E-state index < -0.39 is 0 Å². The van der Waals surface area contributed by atoms with E-state index in [9.17, 15) is 0 Å². The number of aromatic nitrogens is 2. The molecule has 18 heavy (non-hydrogen) atoms. The fourth-order valence-corrected chi connectivity index (χ4v) is 2.74. The third-order valence-corrected chi connectivity index (χ3v) is 4.20. The molecule has 1 rings (SSSR count). The highest BCUT2D eigenvalue weighted by atomic mass is 15.3. The van der Waals surface area contributed by atoms with Gasteiger partial charge in [-0.15, -0.1) is 0 Å². The van der Waals surface area contributed by atoms with Gasteiger partial charge in [0.1, 0.15) is 0 Å². The Hall–Kier alpha value is -0.870. The van der Waals surface area contributed by atoms with Gasteiger partial charge in [-0.2, -0.15) is 5.10 Å². The van der Waals surface area contributed by atoms with E-state index in [4.69, 9.17) is 5.73 Å². The number of hydrogen-bond donors (Lipinski definition) is 1. The highest BCUT2D eigenvalue weighted by Gasteiger charge is 2.31. The first-order chi connectivity index (χ1) is 8.52. The molecule has 1 aromatic heterocycles. The number of aryl methyl sites for hydroxylation is 2. The van der Waals surface area contributed by atoms with Gasteiger partial charge in [-0.3, -0.25) is 9.58 Å².